The van der Waals surface area contributed by atoms with Crippen molar-refractivity contribution in [3.05, 3.63) is 83.5 Å². The number of benzene rings is 1. The summed E-state index contributed by atoms with van der Waals surface area (Å²) in [6.45, 7) is 4.45. The number of fused-ring (bicyclic) bond motifs is 1. The van der Waals surface area contributed by atoms with Gasteiger partial charge in [-0.25, -0.2) is 23.9 Å². The smallest absolute Gasteiger partial charge is 0.225 e. The normalized spacial score (nSPS) is 15.7. The molecule has 1 aliphatic rings. The second-order valence-corrected chi connectivity index (χ2v) is 9.89. The summed E-state index contributed by atoms with van der Waals surface area (Å²) in [5.41, 5.74) is 2.38. The molecule has 10 nitrogen and oxygen atoms in total. The number of nitrogens with zero attached hydrogens (tertiary/aromatic N) is 9. The van der Waals surface area contributed by atoms with Gasteiger partial charge in [-0.3, -0.25) is 4.68 Å². The second kappa shape index (κ2) is 9.34. The molecule has 0 amide bonds. The van der Waals surface area contributed by atoms with E-state index in [1.165, 1.54) is 18.2 Å². The van der Waals surface area contributed by atoms with Crippen LogP contribution in [0.5, 0.6) is 0 Å². The minimum absolute atomic E-state index is 0.143. The van der Waals surface area contributed by atoms with Gasteiger partial charge >= 0.3 is 0 Å². The zero-order valence-corrected chi connectivity index (χ0v) is 21.6. The van der Waals surface area contributed by atoms with Gasteiger partial charge in [0.05, 0.1) is 6.20 Å². The summed E-state index contributed by atoms with van der Waals surface area (Å²) in [4.78, 5) is 17.9. The topological polar surface area (TPSA) is 100 Å². The average molecular weight is 534 g/mol. The van der Waals surface area contributed by atoms with Crippen molar-refractivity contribution < 1.29 is 9.50 Å². The summed E-state index contributed by atoms with van der Waals surface area (Å²) in [5.74, 6) is 0.982. The molecule has 1 aromatic carbocycles. The van der Waals surface area contributed by atoms with Crippen molar-refractivity contribution in [3.8, 4) is 11.1 Å². The van der Waals surface area contributed by atoms with Crippen LogP contribution >= 0.6 is 11.6 Å². The van der Waals surface area contributed by atoms with Crippen molar-refractivity contribution in [3.63, 3.8) is 0 Å². The second-order valence-electron chi connectivity index (χ2n) is 9.49. The van der Waals surface area contributed by atoms with E-state index in [-0.39, 0.29) is 5.02 Å². The Bertz CT molecular complexity index is 1610. The molecular formula is C26H25ClFN9O. The molecule has 0 bridgehead atoms. The molecule has 0 saturated carbocycles. The van der Waals surface area contributed by atoms with Crippen molar-refractivity contribution >= 4 is 28.9 Å². The molecule has 1 saturated heterocycles. The van der Waals surface area contributed by atoms with Crippen LogP contribution in [-0.4, -0.2) is 65.6 Å². The van der Waals surface area contributed by atoms with Gasteiger partial charge in [0.25, 0.3) is 0 Å². The Morgan fingerprint density at radius 1 is 0.921 bits per heavy atom. The van der Waals surface area contributed by atoms with Crippen molar-refractivity contribution in [2.24, 2.45) is 7.05 Å². The lowest BCUT2D eigenvalue weighted by Crippen LogP contribution is -2.47. The van der Waals surface area contributed by atoms with E-state index < -0.39 is 11.4 Å². The van der Waals surface area contributed by atoms with Crippen LogP contribution in [-0.2, 0) is 12.6 Å². The molecule has 1 aliphatic heterocycles. The molecule has 12 heteroatoms. The number of anilines is 2. The number of aliphatic hydroxyl groups is 1. The highest BCUT2D eigenvalue weighted by molar-refractivity contribution is 6.31. The molecule has 0 radical (unpaired) electrons. The van der Waals surface area contributed by atoms with Crippen LogP contribution in [0.4, 0.5) is 16.2 Å². The van der Waals surface area contributed by atoms with E-state index in [0.717, 1.165) is 35.6 Å². The molecule has 1 atom stereocenters. The first-order valence-electron chi connectivity index (χ1n) is 12.1. The Morgan fingerprint density at radius 2 is 1.66 bits per heavy atom. The third kappa shape index (κ3) is 4.33. The van der Waals surface area contributed by atoms with Gasteiger partial charge in [0.2, 0.25) is 5.95 Å². The number of aromatic nitrogens is 7. The summed E-state index contributed by atoms with van der Waals surface area (Å²) in [5, 5.41) is 19.9. The zero-order chi connectivity index (χ0) is 26.4. The molecule has 6 rings (SSSR count). The molecule has 5 heterocycles. The number of piperazine rings is 1. The van der Waals surface area contributed by atoms with Crippen LogP contribution in [0.3, 0.4) is 0 Å². The Hall–Kier alpha value is -4.09. The van der Waals surface area contributed by atoms with Crippen LogP contribution < -0.4 is 9.80 Å². The third-order valence-corrected chi connectivity index (χ3v) is 7.25. The van der Waals surface area contributed by atoms with Gasteiger partial charge in [0.1, 0.15) is 23.3 Å². The first-order chi connectivity index (χ1) is 18.3. The van der Waals surface area contributed by atoms with Gasteiger partial charge in [0, 0.05) is 85.3 Å². The highest BCUT2D eigenvalue weighted by atomic mass is 35.5. The van der Waals surface area contributed by atoms with Gasteiger partial charge in [-0.05, 0) is 25.1 Å². The van der Waals surface area contributed by atoms with Crippen LogP contribution in [0, 0.1) is 5.82 Å². The summed E-state index contributed by atoms with van der Waals surface area (Å²) in [7, 11) is 1.89. The van der Waals surface area contributed by atoms with E-state index in [2.05, 4.69) is 41.0 Å². The summed E-state index contributed by atoms with van der Waals surface area (Å²) in [6.07, 6.45) is 10.5. The molecule has 38 heavy (non-hydrogen) atoms. The fourth-order valence-corrected chi connectivity index (χ4v) is 5.13. The lowest BCUT2D eigenvalue weighted by atomic mass is 9.90. The SMILES string of the molecule is Cn1cc(-c2cc3c(N4CCN(c5ncc(C(C)(O)c6ccc(F)cc6Cl)cn5)CC4)ncnn3c2)cn1. The van der Waals surface area contributed by atoms with Gasteiger partial charge in [-0.2, -0.15) is 10.2 Å². The maximum atomic E-state index is 13.5. The molecule has 194 valence electrons. The molecule has 1 fully saturated rings. The summed E-state index contributed by atoms with van der Waals surface area (Å²) < 4.78 is 17.1. The third-order valence-electron chi connectivity index (χ3n) is 6.94. The maximum absolute atomic E-state index is 13.5. The first-order valence-corrected chi connectivity index (χ1v) is 12.5. The Balaban J connectivity index is 1.17. The maximum Gasteiger partial charge on any atom is 0.225 e. The van der Waals surface area contributed by atoms with Gasteiger partial charge in [-0.1, -0.05) is 17.7 Å². The summed E-state index contributed by atoms with van der Waals surface area (Å²) in [6, 6.07) is 6.00. The molecule has 1 unspecified atom stereocenters. The van der Waals surface area contributed by atoms with Gasteiger partial charge in [0.15, 0.2) is 5.82 Å². The van der Waals surface area contributed by atoms with E-state index >= 15 is 0 Å². The standard InChI is InChI=1S/C26H25ClFN9O/c1-26(38,21-4-3-20(28)10-22(21)27)19-12-29-25(30-13-19)36-7-5-35(6-8-36)24-23-9-17(15-37(23)33-16-31-24)18-11-32-34(2)14-18/h3-4,9-16,38H,5-8H2,1-2H3. The Labute approximate surface area is 223 Å². The number of hydrogen-bond acceptors (Lipinski definition) is 8. The van der Waals surface area contributed by atoms with Gasteiger partial charge < -0.3 is 14.9 Å². The minimum Gasteiger partial charge on any atom is -0.381 e. The lowest BCUT2D eigenvalue weighted by Gasteiger charge is -2.35. The van der Waals surface area contributed by atoms with E-state index in [0.29, 0.717) is 30.2 Å². The molecule has 0 spiro atoms. The predicted molar refractivity (Wildman–Crippen MR) is 142 cm³/mol. The van der Waals surface area contributed by atoms with Crippen molar-refractivity contribution in [2.75, 3.05) is 36.0 Å². The van der Waals surface area contributed by atoms with Crippen LogP contribution in [0.25, 0.3) is 16.6 Å². The number of halogens is 2. The number of aryl methyl sites for hydroxylation is 1. The number of rotatable bonds is 5. The monoisotopic (exact) mass is 533 g/mol. The molecule has 1 N–H and O–H groups in total. The highest BCUT2D eigenvalue weighted by Crippen LogP contribution is 2.34. The summed E-state index contributed by atoms with van der Waals surface area (Å²) >= 11 is 6.18. The van der Waals surface area contributed by atoms with Crippen molar-refractivity contribution in [1.82, 2.24) is 34.3 Å². The van der Waals surface area contributed by atoms with E-state index in [1.807, 2.05) is 30.2 Å². The molecular weight excluding hydrogens is 509 g/mol. The quantitative estimate of drug-likeness (QED) is 0.367. The fourth-order valence-electron chi connectivity index (χ4n) is 4.78. The van der Waals surface area contributed by atoms with E-state index in [1.54, 1.807) is 30.3 Å². The average Bonchev–Trinajstić information content (AvgIpc) is 3.55. The van der Waals surface area contributed by atoms with E-state index in [4.69, 9.17) is 11.6 Å². The Morgan fingerprint density at radius 3 is 2.34 bits per heavy atom. The molecule has 0 aliphatic carbocycles. The van der Waals surface area contributed by atoms with E-state index in [9.17, 15) is 9.50 Å². The van der Waals surface area contributed by atoms with Crippen LogP contribution in [0.2, 0.25) is 5.02 Å². The lowest BCUT2D eigenvalue weighted by molar-refractivity contribution is 0.101. The van der Waals surface area contributed by atoms with Gasteiger partial charge in [-0.15, -0.1) is 0 Å². The van der Waals surface area contributed by atoms with Crippen LogP contribution in [0.15, 0.2) is 61.6 Å². The number of hydrogen-bond donors (Lipinski definition) is 1. The zero-order valence-electron chi connectivity index (χ0n) is 20.8. The fraction of sp³-hybridized carbons (Fsp3) is 0.269. The minimum atomic E-state index is -1.47. The highest BCUT2D eigenvalue weighted by Gasteiger charge is 2.30. The van der Waals surface area contributed by atoms with Crippen molar-refractivity contribution in [1.29, 1.82) is 0 Å². The molecule has 5 aromatic rings. The molecule has 4 aromatic heterocycles. The van der Waals surface area contributed by atoms with Crippen LogP contribution in [0.1, 0.15) is 18.1 Å². The predicted octanol–water partition coefficient (Wildman–Crippen LogP) is 3.29. The first kappa shape index (κ1) is 24.3. The Kier molecular flexibility index (Phi) is 5.96. The van der Waals surface area contributed by atoms with Crippen molar-refractivity contribution in [2.45, 2.75) is 12.5 Å². The largest absolute Gasteiger partial charge is 0.381 e.